The number of thioether (sulfide) groups is 1. The van der Waals surface area contributed by atoms with Crippen molar-refractivity contribution in [1.29, 1.82) is 0 Å². The molecule has 1 aliphatic heterocycles. The van der Waals surface area contributed by atoms with Crippen LogP contribution in [0.4, 0.5) is 11.4 Å². The van der Waals surface area contributed by atoms with E-state index in [9.17, 15) is 9.59 Å². The molecule has 0 bridgehead atoms. The number of nitrogens with zero attached hydrogens (tertiary/aromatic N) is 1. The van der Waals surface area contributed by atoms with Gasteiger partial charge in [0.05, 0.1) is 11.7 Å². The second-order valence-corrected chi connectivity index (χ2v) is 5.79. The van der Waals surface area contributed by atoms with Gasteiger partial charge in [-0.2, -0.15) is 11.8 Å². The molecule has 21 heavy (non-hydrogen) atoms. The van der Waals surface area contributed by atoms with Gasteiger partial charge in [0.1, 0.15) is 5.75 Å². The van der Waals surface area contributed by atoms with Crippen LogP contribution in [0, 0.1) is 0 Å². The van der Waals surface area contributed by atoms with Gasteiger partial charge in [-0.05, 0) is 36.6 Å². The Kier molecular flexibility index (Phi) is 5.08. The molecule has 2 rings (SSSR count). The van der Waals surface area contributed by atoms with Gasteiger partial charge in [-0.15, -0.1) is 0 Å². The van der Waals surface area contributed by atoms with Crippen molar-refractivity contribution in [3.8, 4) is 5.75 Å². The molecule has 7 heteroatoms. The normalized spacial score (nSPS) is 15.2. The van der Waals surface area contributed by atoms with Crippen LogP contribution in [0.5, 0.6) is 5.75 Å². The Morgan fingerprint density at radius 1 is 1.57 bits per heavy atom. The van der Waals surface area contributed by atoms with Crippen molar-refractivity contribution in [2.45, 2.75) is 12.5 Å². The first-order chi connectivity index (χ1) is 10.0. The highest BCUT2D eigenvalue weighted by molar-refractivity contribution is 7.98. The van der Waals surface area contributed by atoms with Gasteiger partial charge in [0.15, 0.2) is 6.61 Å². The zero-order valence-electron chi connectivity index (χ0n) is 12.1. The molecule has 0 spiro atoms. The van der Waals surface area contributed by atoms with Crippen LogP contribution in [0.3, 0.4) is 0 Å². The van der Waals surface area contributed by atoms with Gasteiger partial charge in [0.2, 0.25) is 5.91 Å². The Hall–Kier alpha value is -1.73. The van der Waals surface area contributed by atoms with Crippen LogP contribution in [0.15, 0.2) is 18.2 Å². The number of nitrogens with two attached hydrogens (primary N) is 1. The van der Waals surface area contributed by atoms with E-state index in [1.807, 2.05) is 6.26 Å². The van der Waals surface area contributed by atoms with Gasteiger partial charge >= 0.3 is 0 Å². The van der Waals surface area contributed by atoms with Crippen LogP contribution in [-0.4, -0.2) is 43.5 Å². The third-order valence-electron chi connectivity index (χ3n) is 3.28. The van der Waals surface area contributed by atoms with Crippen LogP contribution < -0.4 is 20.7 Å². The quantitative estimate of drug-likeness (QED) is 0.849. The van der Waals surface area contributed by atoms with Crippen molar-refractivity contribution in [1.82, 2.24) is 0 Å². The summed E-state index contributed by atoms with van der Waals surface area (Å²) in [4.78, 5) is 25.1. The minimum Gasteiger partial charge on any atom is -0.482 e. The topological polar surface area (TPSA) is 84.7 Å². The molecule has 0 radical (unpaired) electrons. The predicted molar refractivity (Wildman–Crippen MR) is 85.0 cm³/mol. The average molecular weight is 309 g/mol. The van der Waals surface area contributed by atoms with E-state index < -0.39 is 6.04 Å². The summed E-state index contributed by atoms with van der Waals surface area (Å²) >= 11 is 1.65. The van der Waals surface area contributed by atoms with E-state index in [1.165, 1.54) is 4.90 Å². The largest absolute Gasteiger partial charge is 0.482 e. The fraction of sp³-hybridized carbons (Fsp3) is 0.429. The number of hydrogen-bond acceptors (Lipinski definition) is 5. The van der Waals surface area contributed by atoms with Crippen molar-refractivity contribution in [3.63, 3.8) is 0 Å². The highest BCUT2D eigenvalue weighted by Crippen LogP contribution is 2.33. The monoisotopic (exact) mass is 309 g/mol. The molecule has 1 atom stereocenters. The summed E-state index contributed by atoms with van der Waals surface area (Å²) in [5.41, 5.74) is 7.06. The number of rotatable bonds is 5. The Morgan fingerprint density at radius 3 is 3.05 bits per heavy atom. The van der Waals surface area contributed by atoms with E-state index >= 15 is 0 Å². The Labute approximate surface area is 128 Å². The highest BCUT2D eigenvalue weighted by atomic mass is 32.2. The van der Waals surface area contributed by atoms with Gasteiger partial charge in [-0.1, -0.05) is 0 Å². The van der Waals surface area contributed by atoms with Gasteiger partial charge < -0.3 is 20.7 Å². The summed E-state index contributed by atoms with van der Waals surface area (Å²) in [6.45, 7) is 0.0365. The summed E-state index contributed by atoms with van der Waals surface area (Å²) in [6, 6.07) is 4.65. The minimum atomic E-state index is -0.538. The molecule has 1 aromatic rings. The standard InChI is InChI=1S/C14H19N3O3S/c1-17-11-7-9(3-4-12(11)20-8-13(17)18)16-14(19)10(15)5-6-21-2/h3-4,7,10H,5-6,8,15H2,1-2H3,(H,16,19)/t10-/m0/s1. The van der Waals surface area contributed by atoms with Gasteiger partial charge in [-0.25, -0.2) is 0 Å². The lowest BCUT2D eigenvalue weighted by molar-refractivity contribution is -0.121. The number of anilines is 2. The lowest BCUT2D eigenvalue weighted by atomic mass is 10.2. The third kappa shape index (κ3) is 3.68. The summed E-state index contributed by atoms with van der Waals surface area (Å²) in [5.74, 6) is 1.11. The van der Waals surface area contributed by atoms with E-state index in [-0.39, 0.29) is 18.4 Å². The molecule has 1 aromatic carbocycles. The number of ether oxygens (including phenoxy) is 1. The first kappa shape index (κ1) is 15.7. The number of benzene rings is 1. The molecule has 2 amide bonds. The number of hydrogen-bond donors (Lipinski definition) is 2. The van der Waals surface area contributed by atoms with Crippen LogP contribution in [0.2, 0.25) is 0 Å². The molecule has 0 fully saturated rings. The molecule has 1 aliphatic rings. The van der Waals surface area contributed by atoms with E-state index in [0.717, 1.165) is 5.75 Å². The predicted octanol–water partition coefficient (Wildman–Crippen LogP) is 1.06. The summed E-state index contributed by atoms with van der Waals surface area (Å²) < 4.78 is 5.34. The first-order valence-electron chi connectivity index (χ1n) is 6.61. The van der Waals surface area contributed by atoms with Crippen molar-refractivity contribution in [3.05, 3.63) is 18.2 Å². The number of fused-ring (bicyclic) bond motifs is 1. The molecular weight excluding hydrogens is 290 g/mol. The number of carbonyl (C=O) groups is 2. The summed E-state index contributed by atoms with van der Waals surface area (Å²) in [6.07, 6.45) is 2.60. The summed E-state index contributed by atoms with van der Waals surface area (Å²) in [7, 11) is 1.68. The fourth-order valence-electron chi connectivity index (χ4n) is 1.96. The van der Waals surface area contributed by atoms with Gasteiger partial charge in [-0.3, -0.25) is 9.59 Å². The number of amides is 2. The second kappa shape index (κ2) is 6.82. The molecule has 6 nitrogen and oxygen atoms in total. The molecular formula is C14H19N3O3S. The summed E-state index contributed by atoms with van der Waals surface area (Å²) in [5, 5.41) is 2.77. The zero-order chi connectivity index (χ0) is 15.4. The SMILES string of the molecule is CSCC[C@H](N)C(=O)Nc1ccc2c(c1)N(C)C(=O)CO2. The molecule has 0 aromatic heterocycles. The minimum absolute atomic E-state index is 0.0365. The Morgan fingerprint density at radius 2 is 2.33 bits per heavy atom. The van der Waals surface area contributed by atoms with Crippen molar-refractivity contribution in [2.75, 3.05) is 35.9 Å². The highest BCUT2D eigenvalue weighted by Gasteiger charge is 2.23. The van der Waals surface area contributed by atoms with Crippen molar-refractivity contribution in [2.24, 2.45) is 5.73 Å². The Balaban J connectivity index is 2.08. The third-order valence-corrected chi connectivity index (χ3v) is 3.93. The molecule has 114 valence electrons. The lowest BCUT2D eigenvalue weighted by Crippen LogP contribution is -2.37. The van der Waals surface area contributed by atoms with E-state index in [0.29, 0.717) is 23.5 Å². The number of likely N-dealkylation sites (N-methyl/N-ethyl adjacent to an activating group) is 1. The average Bonchev–Trinajstić information content (AvgIpc) is 2.49. The maximum Gasteiger partial charge on any atom is 0.264 e. The first-order valence-corrected chi connectivity index (χ1v) is 8.01. The Bertz CT molecular complexity index is 550. The van der Waals surface area contributed by atoms with Crippen LogP contribution >= 0.6 is 11.8 Å². The maximum atomic E-state index is 12.0. The maximum absolute atomic E-state index is 12.0. The van der Waals surface area contributed by atoms with E-state index in [4.69, 9.17) is 10.5 Å². The van der Waals surface area contributed by atoms with Gasteiger partial charge in [0, 0.05) is 12.7 Å². The molecule has 0 saturated heterocycles. The lowest BCUT2D eigenvalue weighted by Gasteiger charge is -2.26. The van der Waals surface area contributed by atoms with E-state index in [1.54, 1.807) is 37.0 Å². The van der Waals surface area contributed by atoms with Crippen molar-refractivity contribution >= 4 is 35.0 Å². The van der Waals surface area contributed by atoms with Crippen molar-refractivity contribution < 1.29 is 14.3 Å². The molecule has 0 saturated carbocycles. The molecule has 0 aliphatic carbocycles. The smallest absolute Gasteiger partial charge is 0.264 e. The number of nitrogens with one attached hydrogen (secondary N) is 1. The molecule has 3 N–H and O–H groups in total. The molecule has 0 unspecified atom stereocenters. The van der Waals surface area contributed by atoms with E-state index in [2.05, 4.69) is 5.32 Å². The van der Waals surface area contributed by atoms with Gasteiger partial charge in [0.25, 0.3) is 5.91 Å². The van der Waals surface area contributed by atoms with Crippen LogP contribution in [-0.2, 0) is 9.59 Å². The fourth-order valence-corrected chi connectivity index (χ4v) is 2.45. The number of carbonyl (C=O) groups excluding carboxylic acids is 2. The molecule has 1 heterocycles. The zero-order valence-corrected chi connectivity index (χ0v) is 12.9. The second-order valence-electron chi connectivity index (χ2n) is 4.80. The van der Waals surface area contributed by atoms with Crippen LogP contribution in [0.25, 0.3) is 0 Å². The van der Waals surface area contributed by atoms with Crippen LogP contribution in [0.1, 0.15) is 6.42 Å².